The third kappa shape index (κ3) is 3.08. The summed E-state index contributed by atoms with van der Waals surface area (Å²) in [4.78, 5) is 8.85. The molecule has 1 fully saturated rings. The molecule has 1 aliphatic heterocycles. The van der Waals surface area contributed by atoms with Crippen molar-refractivity contribution in [1.29, 1.82) is 0 Å². The van der Waals surface area contributed by atoms with E-state index in [9.17, 15) is 0 Å². The topological polar surface area (TPSA) is 45.2 Å². The SMILES string of the molecule is CN(c1cccnn1)C1CCN(c2ncccc2Cl)CC1. The Morgan fingerprint density at radius 3 is 2.62 bits per heavy atom. The lowest BCUT2D eigenvalue weighted by molar-refractivity contribution is 0.477. The average Bonchev–Trinajstić information content (AvgIpc) is 2.56. The van der Waals surface area contributed by atoms with Gasteiger partial charge in [0.15, 0.2) is 5.82 Å². The lowest BCUT2D eigenvalue weighted by Gasteiger charge is -2.37. The largest absolute Gasteiger partial charge is 0.355 e. The van der Waals surface area contributed by atoms with Crippen molar-refractivity contribution in [3.8, 4) is 0 Å². The minimum absolute atomic E-state index is 0.473. The third-order valence-corrected chi connectivity index (χ3v) is 4.27. The minimum atomic E-state index is 0.473. The number of rotatable bonds is 3. The second-order valence-corrected chi connectivity index (χ2v) is 5.63. The second kappa shape index (κ2) is 6.26. The molecule has 2 aromatic heterocycles. The Morgan fingerprint density at radius 2 is 1.95 bits per heavy atom. The van der Waals surface area contributed by atoms with Crippen LogP contribution in [0.15, 0.2) is 36.7 Å². The van der Waals surface area contributed by atoms with Crippen molar-refractivity contribution in [2.75, 3.05) is 29.9 Å². The summed E-state index contributed by atoms with van der Waals surface area (Å²) >= 11 is 6.22. The van der Waals surface area contributed by atoms with Gasteiger partial charge in [-0.2, -0.15) is 5.10 Å². The van der Waals surface area contributed by atoms with E-state index in [4.69, 9.17) is 11.6 Å². The zero-order valence-electron chi connectivity index (χ0n) is 12.0. The summed E-state index contributed by atoms with van der Waals surface area (Å²) in [6.07, 6.45) is 5.60. The first kappa shape index (κ1) is 14.1. The van der Waals surface area contributed by atoms with Crippen LogP contribution >= 0.6 is 11.6 Å². The first-order valence-corrected chi connectivity index (χ1v) is 7.49. The Balaban J connectivity index is 1.64. The van der Waals surface area contributed by atoms with Crippen LogP contribution in [-0.4, -0.2) is 41.4 Å². The van der Waals surface area contributed by atoms with E-state index in [0.717, 1.165) is 42.6 Å². The predicted molar refractivity (Wildman–Crippen MR) is 84.9 cm³/mol. The normalized spacial score (nSPS) is 16.0. The molecular weight excluding hydrogens is 286 g/mol. The molecule has 5 nitrogen and oxygen atoms in total. The van der Waals surface area contributed by atoms with E-state index in [1.807, 2.05) is 24.3 Å². The van der Waals surface area contributed by atoms with Crippen LogP contribution < -0.4 is 9.80 Å². The van der Waals surface area contributed by atoms with E-state index in [-0.39, 0.29) is 0 Å². The van der Waals surface area contributed by atoms with Crippen LogP contribution in [-0.2, 0) is 0 Å². The van der Waals surface area contributed by atoms with Crippen LogP contribution in [0.2, 0.25) is 5.02 Å². The minimum Gasteiger partial charge on any atom is -0.355 e. The predicted octanol–water partition coefficient (Wildman–Crippen LogP) is 2.63. The van der Waals surface area contributed by atoms with Crippen molar-refractivity contribution < 1.29 is 0 Å². The zero-order chi connectivity index (χ0) is 14.7. The Morgan fingerprint density at radius 1 is 1.19 bits per heavy atom. The lowest BCUT2D eigenvalue weighted by atomic mass is 10.0. The molecule has 0 aliphatic carbocycles. The third-order valence-electron chi connectivity index (χ3n) is 3.97. The van der Waals surface area contributed by atoms with Crippen molar-refractivity contribution in [1.82, 2.24) is 15.2 Å². The summed E-state index contributed by atoms with van der Waals surface area (Å²) in [5, 5.41) is 8.84. The molecule has 1 aliphatic rings. The highest BCUT2D eigenvalue weighted by atomic mass is 35.5. The molecule has 6 heteroatoms. The van der Waals surface area contributed by atoms with Gasteiger partial charge in [-0.15, -0.1) is 5.10 Å². The summed E-state index contributed by atoms with van der Waals surface area (Å²) in [6, 6.07) is 8.14. The maximum atomic E-state index is 6.22. The molecule has 0 aromatic carbocycles. The van der Waals surface area contributed by atoms with Gasteiger partial charge in [0.1, 0.15) is 5.82 Å². The van der Waals surface area contributed by atoms with Gasteiger partial charge in [0.2, 0.25) is 0 Å². The van der Waals surface area contributed by atoms with Gasteiger partial charge in [-0.3, -0.25) is 0 Å². The first-order valence-electron chi connectivity index (χ1n) is 7.11. The monoisotopic (exact) mass is 303 g/mol. The summed E-state index contributed by atoms with van der Waals surface area (Å²) in [6.45, 7) is 1.90. The molecule has 0 bridgehead atoms. The molecule has 0 spiro atoms. The van der Waals surface area contributed by atoms with E-state index in [1.54, 1.807) is 12.4 Å². The Kier molecular flexibility index (Phi) is 4.20. The van der Waals surface area contributed by atoms with Crippen LogP contribution in [0.3, 0.4) is 0 Å². The van der Waals surface area contributed by atoms with Crippen LogP contribution in [0.4, 0.5) is 11.6 Å². The molecule has 0 unspecified atom stereocenters. The van der Waals surface area contributed by atoms with Gasteiger partial charge in [0, 0.05) is 38.6 Å². The molecule has 0 atom stereocenters. The van der Waals surface area contributed by atoms with Gasteiger partial charge < -0.3 is 9.80 Å². The maximum Gasteiger partial charge on any atom is 0.151 e. The van der Waals surface area contributed by atoms with Gasteiger partial charge in [-0.05, 0) is 37.1 Å². The molecule has 1 saturated heterocycles. The van der Waals surface area contributed by atoms with Crippen LogP contribution in [0.1, 0.15) is 12.8 Å². The smallest absolute Gasteiger partial charge is 0.151 e. The van der Waals surface area contributed by atoms with E-state index >= 15 is 0 Å². The highest BCUT2D eigenvalue weighted by molar-refractivity contribution is 6.32. The fourth-order valence-electron chi connectivity index (χ4n) is 2.74. The lowest BCUT2D eigenvalue weighted by Crippen LogP contribution is -2.44. The molecule has 0 N–H and O–H groups in total. The molecule has 3 heterocycles. The van der Waals surface area contributed by atoms with Gasteiger partial charge in [-0.1, -0.05) is 11.6 Å². The fourth-order valence-corrected chi connectivity index (χ4v) is 2.98. The van der Waals surface area contributed by atoms with Crippen molar-refractivity contribution >= 4 is 23.2 Å². The first-order chi connectivity index (χ1) is 10.3. The molecule has 2 aromatic rings. The Bertz CT molecular complexity index is 584. The summed E-state index contributed by atoms with van der Waals surface area (Å²) < 4.78 is 0. The van der Waals surface area contributed by atoms with Crippen LogP contribution in [0, 0.1) is 0 Å². The second-order valence-electron chi connectivity index (χ2n) is 5.22. The molecule has 0 saturated carbocycles. The van der Waals surface area contributed by atoms with E-state index in [2.05, 4.69) is 32.0 Å². The number of nitrogens with zero attached hydrogens (tertiary/aromatic N) is 5. The van der Waals surface area contributed by atoms with Crippen LogP contribution in [0.25, 0.3) is 0 Å². The van der Waals surface area contributed by atoms with Gasteiger partial charge >= 0.3 is 0 Å². The van der Waals surface area contributed by atoms with E-state index in [0.29, 0.717) is 6.04 Å². The Labute approximate surface area is 129 Å². The summed E-state index contributed by atoms with van der Waals surface area (Å²) in [5.41, 5.74) is 0. The quantitative estimate of drug-likeness (QED) is 0.872. The molecule has 21 heavy (non-hydrogen) atoms. The van der Waals surface area contributed by atoms with Crippen molar-refractivity contribution in [2.24, 2.45) is 0 Å². The summed E-state index contributed by atoms with van der Waals surface area (Å²) in [5.74, 6) is 1.81. The van der Waals surface area contributed by atoms with Crippen molar-refractivity contribution in [2.45, 2.75) is 18.9 Å². The van der Waals surface area contributed by atoms with Gasteiger partial charge in [0.05, 0.1) is 5.02 Å². The standard InChI is InChI=1S/C15H18ClN5/c1-20(14-5-3-9-18-19-14)12-6-10-21(11-7-12)15-13(16)4-2-8-17-15/h2-5,8-9,12H,6-7,10-11H2,1H3. The fraction of sp³-hybridized carbons (Fsp3) is 0.400. The molecule has 110 valence electrons. The number of halogens is 1. The van der Waals surface area contributed by atoms with E-state index in [1.165, 1.54) is 0 Å². The zero-order valence-corrected chi connectivity index (χ0v) is 12.7. The number of pyridine rings is 1. The molecule has 0 amide bonds. The number of anilines is 2. The number of hydrogen-bond donors (Lipinski definition) is 0. The average molecular weight is 304 g/mol. The maximum absolute atomic E-state index is 6.22. The van der Waals surface area contributed by atoms with Gasteiger partial charge in [0.25, 0.3) is 0 Å². The molecule has 3 rings (SSSR count). The Hall–Kier alpha value is -1.88. The van der Waals surface area contributed by atoms with Gasteiger partial charge in [-0.25, -0.2) is 4.98 Å². The number of aromatic nitrogens is 3. The summed E-state index contributed by atoms with van der Waals surface area (Å²) in [7, 11) is 2.08. The van der Waals surface area contributed by atoms with Crippen LogP contribution in [0.5, 0.6) is 0 Å². The molecule has 0 radical (unpaired) electrons. The van der Waals surface area contributed by atoms with E-state index < -0.39 is 0 Å². The van der Waals surface area contributed by atoms with Crippen molar-refractivity contribution in [3.05, 3.63) is 41.7 Å². The van der Waals surface area contributed by atoms with Crippen molar-refractivity contribution in [3.63, 3.8) is 0 Å². The molecular formula is C15H18ClN5. The number of piperidine rings is 1. The number of hydrogen-bond acceptors (Lipinski definition) is 5. The highest BCUT2D eigenvalue weighted by Crippen LogP contribution is 2.27. The highest BCUT2D eigenvalue weighted by Gasteiger charge is 2.24.